The van der Waals surface area contributed by atoms with E-state index in [0.29, 0.717) is 17.8 Å². The number of anilines is 1. The fourth-order valence-electron chi connectivity index (χ4n) is 3.59. The molecule has 3 rings (SSSR count). The van der Waals surface area contributed by atoms with Gasteiger partial charge in [0.2, 0.25) is 0 Å². The lowest BCUT2D eigenvalue weighted by Gasteiger charge is -2.33. The summed E-state index contributed by atoms with van der Waals surface area (Å²) in [6, 6.07) is 6.16. The molecule has 0 radical (unpaired) electrons. The minimum absolute atomic E-state index is 0.194. The molecule has 0 amide bonds. The molecule has 1 aromatic rings. The summed E-state index contributed by atoms with van der Waals surface area (Å²) in [5, 5.41) is 14.7. The van der Waals surface area contributed by atoms with Crippen molar-refractivity contribution in [2.45, 2.75) is 44.7 Å². The Balaban J connectivity index is 1.83. The van der Waals surface area contributed by atoms with Gasteiger partial charge < -0.3 is 5.32 Å². The lowest BCUT2D eigenvalue weighted by Crippen LogP contribution is -2.41. The highest BCUT2D eigenvalue weighted by molar-refractivity contribution is 5.66. The third-order valence-corrected chi connectivity index (χ3v) is 4.63. The second kappa shape index (κ2) is 5.40. The molecule has 2 aliphatic heterocycles. The number of para-hydroxylation sites is 1. The zero-order valence-electron chi connectivity index (χ0n) is 11.8. The molecule has 5 heteroatoms. The van der Waals surface area contributed by atoms with Crippen LogP contribution in [0.5, 0.6) is 0 Å². The van der Waals surface area contributed by atoms with Gasteiger partial charge in [-0.15, -0.1) is 0 Å². The molecule has 108 valence electrons. The Hall–Kier alpha value is -1.62. The summed E-state index contributed by atoms with van der Waals surface area (Å²) in [7, 11) is 0. The van der Waals surface area contributed by atoms with Crippen LogP contribution in [0.15, 0.2) is 18.2 Å². The van der Waals surface area contributed by atoms with E-state index in [9.17, 15) is 10.1 Å². The van der Waals surface area contributed by atoms with E-state index in [1.165, 1.54) is 25.8 Å². The van der Waals surface area contributed by atoms with Crippen molar-refractivity contribution in [3.8, 4) is 0 Å². The fraction of sp³-hybridized carbons (Fsp3) is 0.600. The van der Waals surface area contributed by atoms with Gasteiger partial charge in [0.05, 0.1) is 4.92 Å². The number of hydrogen-bond donors (Lipinski definition) is 1. The molecule has 2 saturated heterocycles. The normalized spacial score (nSPS) is 26.2. The first kappa shape index (κ1) is 13.4. The largest absolute Gasteiger partial charge is 0.375 e. The van der Waals surface area contributed by atoms with Crippen LogP contribution in [-0.4, -0.2) is 35.0 Å². The SMILES string of the molecule is Cc1cccc([N+](=O)[O-])c1NC1CCN2CCCCC12. The zero-order chi connectivity index (χ0) is 14.1. The predicted octanol–water partition coefficient (Wildman–Crippen LogP) is 2.94. The first-order chi connectivity index (χ1) is 9.66. The van der Waals surface area contributed by atoms with Crippen LogP contribution in [0.2, 0.25) is 0 Å². The van der Waals surface area contributed by atoms with Crippen LogP contribution >= 0.6 is 0 Å². The molecule has 2 atom stereocenters. The van der Waals surface area contributed by atoms with Crippen LogP contribution < -0.4 is 5.32 Å². The minimum Gasteiger partial charge on any atom is -0.375 e. The van der Waals surface area contributed by atoms with Crippen molar-refractivity contribution in [1.82, 2.24) is 4.90 Å². The predicted molar refractivity (Wildman–Crippen MR) is 79.1 cm³/mol. The number of fused-ring (bicyclic) bond motifs is 1. The monoisotopic (exact) mass is 275 g/mol. The molecule has 0 bridgehead atoms. The molecule has 2 heterocycles. The van der Waals surface area contributed by atoms with Crippen molar-refractivity contribution in [2.24, 2.45) is 0 Å². The number of hydrogen-bond acceptors (Lipinski definition) is 4. The summed E-state index contributed by atoms with van der Waals surface area (Å²) in [4.78, 5) is 13.4. The maximum absolute atomic E-state index is 11.2. The van der Waals surface area contributed by atoms with Gasteiger partial charge >= 0.3 is 0 Å². The molecular formula is C15H21N3O2. The number of nitrogens with one attached hydrogen (secondary N) is 1. The van der Waals surface area contributed by atoms with Crippen LogP contribution in [-0.2, 0) is 0 Å². The third kappa shape index (κ3) is 2.38. The lowest BCUT2D eigenvalue weighted by atomic mass is 9.98. The molecule has 0 saturated carbocycles. The standard InChI is InChI=1S/C15H21N3O2/c1-11-5-4-7-14(18(19)20)15(11)16-12-8-10-17-9-3-2-6-13(12)17/h4-5,7,12-13,16H,2-3,6,8-10H2,1H3. The van der Waals surface area contributed by atoms with Crippen LogP contribution in [0.25, 0.3) is 0 Å². The molecule has 2 fully saturated rings. The van der Waals surface area contributed by atoms with Gasteiger partial charge in [-0.2, -0.15) is 0 Å². The average molecular weight is 275 g/mol. The number of nitro benzene ring substituents is 1. The number of piperidine rings is 1. The quantitative estimate of drug-likeness (QED) is 0.680. The Kier molecular flexibility index (Phi) is 3.61. The number of nitro groups is 1. The minimum atomic E-state index is -0.289. The smallest absolute Gasteiger partial charge is 0.292 e. The molecular weight excluding hydrogens is 254 g/mol. The van der Waals surface area contributed by atoms with E-state index in [2.05, 4.69) is 10.2 Å². The molecule has 0 aliphatic carbocycles. The van der Waals surface area contributed by atoms with Crippen LogP contribution in [0.1, 0.15) is 31.2 Å². The molecule has 20 heavy (non-hydrogen) atoms. The number of nitrogens with zero attached hydrogens (tertiary/aromatic N) is 2. The van der Waals surface area contributed by atoms with Crippen molar-refractivity contribution in [2.75, 3.05) is 18.4 Å². The van der Waals surface area contributed by atoms with Gasteiger partial charge in [0.25, 0.3) is 5.69 Å². The van der Waals surface area contributed by atoms with Crippen LogP contribution in [0.3, 0.4) is 0 Å². The molecule has 0 aromatic heterocycles. The highest BCUT2D eigenvalue weighted by atomic mass is 16.6. The molecule has 1 N–H and O–H groups in total. The maximum Gasteiger partial charge on any atom is 0.292 e. The lowest BCUT2D eigenvalue weighted by molar-refractivity contribution is -0.384. The van der Waals surface area contributed by atoms with Crippen molar-refractivity contribution >= 4 is 11.4 Å². The summed E-state index contributed by atoms with van der Waals surface area (Å²) in [5.41, 5.74) is 1.85. The molecule has 2 aliphatic rings. The van der Waals surface area contributed by atoms with Crippen molar-refractivity contribution in [3.05, 3.63) is 33.9 Å². The molecule has 2 unspecified atom stereocenters. The summed E-state index contributed by atoms with van der Waals surface area (Å²) in [6.07, 6.45) is 4.84. The van der Waals surface area contributed by atoms with E-state index in [1.54, 1.807) is 12.1 Å². The van der Waals surface area contributed by atoms with Crippen LogP contribution in [0.4, 0.5) is 11.4 Å². The molecule has 1 aromatic carbocycles. The number of benzene rings is 1. The Morgan fingerprint density at radius 1 is 1.30 bits per heavy atom. The Morgan fingerprint density at radius 3 is 2.95 bits per heavy atom. The number of aryl methyl sites for hydroxylation is 1. The summed E-state index contributed by atoms with van der Waals surface area (Å²) < 4.78 is 0. The Bertz CT molecular complexity index is 518. The average Bonchev–Trinajstić information content (AvgIpc) is 2.84. The van der Waals surface area contributed by atoms with E-state index < -0.39 is 0 Å². The van der Waals surface area contributed by atoms with E-state index in [1.807, 2.05) is 13.0 Å². The Labute approximate surface area is 119 Å². The van der Waals surface area contributed by atoms with E-state index in [0.717, 1.165) is 18.5 Å². The zero-order valence-corrected chi connectivity index (χ0v) is 11.8. The van der Waals surface area contributed by atoms with Crippen molar-refractivity contribution in [1.29, 1.82) is 0 Å². The van der Waals surface area contributed by atoms with Gasteiger partial charge in [-0.3, -0.25) is 15.0 Å². The molecule has 0 spiro atoms. The van der Waals surface area contributed by atoms with Crippen molar-refractivity contribution in [3.63, 3.8) is 0 Å². The summed E-state index contributed by atoms with van der Waals surface area (Å²) in [5.74, 6) is 0. The maximum atomic E-state index is 11.2. The van der Waals surface area contributed by atoms with Gasteiger partial charge in [0.15, 0.2) is 0 Å². The van der Waals surface area contributed by atoms with Gasteiger partial charge in [-0.05, 0) is 38.3 Å². The second-order valence-electron chi connectivity index (χ2n) is 5.86. The Morgan fingerprint density at radius 2 is 2.15 bits per heavy atom. The van der Waals surface area contributed by atoms with Crippen LogP contribution in [0, 0.1) is 17.0 Å². The first-order valence-electron chi connectivity index (χ1n) is 7.41. The second-order valence-corrected chi connectivity index (χ2v) is 5.86. The van der Waals surface area contributed by atoms with E-state index >= 15 is 0 Å². The molecule has 5 nitrogen and oxygen atoms in total. The third-order valence-electron chi connectivity index (χ3n) is 4.63. The topological polar surface area (TPSA) is 58.4 Å². The van der Waals surface area contributed by atoms with Gasteiger partial charge in [0, 0.05) is 24.7 Å². The van der Waals surface area contributed by atoms with Gasteiger partial charge in [0.1, 0.15) is 5.69 Å². The van der Waals surface area contributed by atoms with Crippen molar-refractivity contribution < 1.29 is 4.92 Å². The first-order valence-corrected chi connectivity index (χ1v) is 7.41. The summed E-state index contributed by atoms with van der Waals surface area (Å²) in [6.45, 7) is 4.23. The van der Waals surface area contributed by atoms with E-state index in [-0.39, 0.29) is 10.6 Å². The highest BCUT2D eigenvalue weighted by Crippen LogP contribution is 2.33. The van der Waals surface area contributed by atoms with Gasteiger partial charge in [-0.1, -0.05) is 18.6 Å². The van der Waals surface area contributed by atoms with Gasteiger partial charge in [-0.25, -0.2) is 0 Å². The summed E-state index contributed by atoms with van der Waals surface area (Å²) >= 11 is 0. The highest BCUT2D eigenvalue weighted by Gasteiger charge is 2.36. The number of rotatable bonds is 3. The fourth-order valence-corrected chi connectivity index (χ4v) is 3.59. The van der Waals surface area contributed by atoms with E-state index in [4.69, 9.17) is 0 Å².